The number of aliphatic imine (C=N–C) groups is 1. The molecule has 0 unspecified atom stereocenters. The Balaban J connectivity index is 1.73. The number of aromatic hydroxyl groups is 1. The Kier molecular flexibility index (Phi) is 8.76. The molecule has 2 aromatic rings. The van der Waals surface area contributed by atoms with Crippen LogP contribution in [0.2, 0.25) is 0 Å². The molecule has 12 heteroatoms. The van der Waals surface area contributed by atoms with Gasteiger partial charge < -0.3 is 39.7 Å². The fourth-order valence-corrected chi connectivity index (χ4v) is 5.60. The molecule has 2 heterocycles. The zero-order valence-corrected chi connectivity index (χ0v) is 23.6. The number of phenols is 1. The van der Waals surface area contributed by atoms with Crippen LogP contribution in [0.15, 0.2) is 34.8 Å². The fraction of sp³-hybridized carbons (Fsp3) is 0.419. The van der Waals surface area contributed by atoms with Gasteiger partial charge in [0.1, 0.15) is 35.6 Å². The standard InChI is InChI=1S/C31H33NO11/c1-14-24(35)28(39)29(40)31(41-14)43-30-19(5-3-4-10-33)26(37)23-22(21(30)11-16-8-9-32-13-16)27(38)20-12-17(42-15(2)34)6-7-18(20)25(23)36/h6-8,12-14,24,28-29,31,33,35,37,39-40H,3-5,9-11H2,1-2H3/t14-,24+,28+,29+,31+/m0/s1. The second-order valence-corrected chi connectivity index (χ2v) is 10.8. The van der Waals surface area contributed by atoms with Crippen molar-refractivity contribution in [2.24, 2.45) is 4.99 Å². The van der Waals surface area contributed by atoms with Gasteiger partial charge in [0, 0.05) is 54.0 Å². The molecule has 0 bridgehead atoms. The van der Waals surface area contributed by atoms with Gasteiger partial charge in [0.05, 0.1) is 18.2 Å². The van der Waals surface area contributed by atoms with Gasteiger partial charge in [0.2, 0.25) is 6.29 Å². The number of nitrogens with zero attached hydrogens (tertiary/aromatic N) is 1. The maximum Gasteiger partial charge on any atom is 0.308 e. The van der Waals surface area contributed by atoms with Crippen LogP contribution in [0.4, 0.5) is 0 Å². The van der Waals surface area contributed by atoms with Crippen LogP contribution < -0.4 is 9.47 Å². The van der Waals surface area contributed by atoms with Crippen LogP contribution in [-0.4, -0.2) is 93.1 Å². The highest BCUT2D eigenvalue weighted by Gasteiger charge is 2.45. The SMILES string of the molecule is CC(=O)Oc1ccc2c(c1)C(=O)c1c(CC3=CCN=C3)c(O[C@H]3O[C@@H](C)[C@@H](O)[C@@H](O)[C@H]3O)c(CCCCO)c(O)c1C2=O. The van der Waals surface area contributed by atoms with Crippen molar-refractivity contribution in [2.45, 2.75) is 70.2 Å². The molecule has 0 radical (unpaired) electrons. The lowest BCUT2D eigenvalue weighted by Gasteiger charge is -2.39. The van der Waals surface area contributed by atoms with E-state index < -0.39 is 54.0 Å². The monoisotopic (exact) mass is 595 g/mol. The zero-order chi connectivity index (χ0) is 31.0. The molecule has 5 atom stereocenters. The van der Waals surface area contributed by atoms with Gasteiger partial charge in [0.15, 0.2) is 11.6 Å². The molecule has 0 amide bonds. The minimum Gasteiger partial charge on any atom is -0.507 e. The van der Waals surface area contributed by atoms with E-state index in [1.807, 2.05) is 6.08 Å². The molecular weight excluding hydrogens is 562 g/mol. The summed E-state index contributed by atoms with van der Waals surface area (Å²) in [6.45, 7) is 2.97. The summed E-state index contributed by atoms with van der Waals surface area (Å²) in [6.07, 6.45) is -2.79. The molecule has 2 aliphatic heterocycles. The van der Waals surface area contributed by atoms with Gasteiger partial charge in [0.25, 0.3) is 0 Å². The minimum absolute atomic E-state index is 0.0169. The maximum absolute atomic E-state index is 14.2. The molecule has 0 saturated carbocycles. The Morgan fingerprint density at radius 3 is 2.44 bits per heavy atom. The van der Waals surface area contributed by atoms with Crippen LogP contribution in [0.3, 0.4) is 0 Å². The van der Waals surface area contributed by atoms with Gasteiger partial charge >= 0.3 is 5.97 Å². The molecule has 43 heavy (non-hydrogen) atoms. The third-order valence-corrected chi connectivity index (χ3v) is 7.79. The first kappa shape index (κ1) is 30.5. The lowest BCUT2D eigenvalue weighted by molar-refractivity contribution is -0.268. The summed E-state index contributed by atoms with van der Waals surface area (Å²) in [5, 5.41) is 52.4. The highest BCUT2D eigenvalue weighted by Crippen LogP contribution is 2.46. The van der Waals surface area contributed by atoms with E-state index in [0.29, 0.717) is 25.0 Å². The number of carbonyl (C=O) groups excluding carboxylic acids is 3. The van der Waals surface area contributed by atoms with Gasteiger partial charge in [-0.2, -0.15) is 0 Å². The second kappa shape index (κ2) is 12.3. The first-order valence-electron chi connectivity index (χ1n) is 14.0. The van der Waals surface area contributed by atoms with Gasteiger partial charge in [-0.25, -0.2) is 0 Å². The van der Waals surface area contributed by atoms with E-state index in [4.69, 9.17) is 14.2 Å². The maximum atomic E-state index is 14.2. The molecule has 0 aromatic heterocycles. The van der Waals surface area contributed by atoms with E-state index in [1.54, 1.807) is 6.21 Å². The number of aliphatic hydroxyl groups is 4. The molecular formula is C31H33NO11. The minimum atomic E-state index is -1.70. The molecule has 5 rings (SSSR count). The summed E-state index contributed by atoms with van der Waals surface area (Å²) in [5.74, 6) is -2.33. The van der Waals surface area contributed by atoms with Crippen molar-refractivity contribution in [1.82, 2.24) is 0 Å². The van der Waals surface area contributed by atoms with E-state index in [2.05, 4.69) is 4.99 Å². The van der Waals surface area contributed by atoms with Crippen molar-refractivity contribution in [3.63, 3.8) is 0 Å². The molecule has 228 valence electrons. The van der Waals surface area contributed by atoms with Crippen molar-refractivity contribution in [1.29, 1.82) is 0 Å². The Bertz CT molecular complexity index is 1530. The van der Waals surface area contributed by atoms with Crippen LogP contribution in [0, 0.1) is 0 Å². The number of ether oxygens (including phenoxy) is 3. The number of ketones is 2. The second-order valence-electron chi connectivity index (χ2n) is 10.8. The highest BCUT2D eigenvalue weighted by molar-refractivity contribution is 6.30. The van der Waals surface area contributed by atoms with E-state index in [9.17, 15) is 39.9 Å². The van der Waals surface area contributed by atoms with Crippen molar-refractivity contribution >= 4 is 23.8 Å². The number of esters is 1. The van der Waals surface area contributed by atoms with Gasteiger partial charge in [-0.15, -0.1) is 0 Å². The summed E-state index contributed by atoms with van der Waals surface area (Å²) in [6, 6.07) is 4.04. The molecule has 0 spiro atoms. The Morgan fingerprint density at radius 2 is 1.77 bits per heavy atom. The Labute approximate surface area is 246 Å². The average molecular weight is 596 g/mol. The normalized spacial score (nSPS) is 24.4. The topological polar surface area (TPSA) is 192 Å². The summed E-state index contributed by atoms with van der Waals surface area (Å²) in [4.78, 5) is 43.8. The molecule has 1 saturated heterocycles. The van der Waals surface area contributed by atoms with Crippen LogP contribution in [0.25, 0.3) is 0 Å². The fourth-order valence-electron chi connectivity index (χ4n) is 5.60. The number of hydrogen-bond acceptors (Lipinski definition) is 12. The van der Waals surface area contributed by atoms with E-state index >= 15 is 0 Å². The average Bonchev–Trinajstić information content (AvgIpc) is 3.49. The van der Waals surface area contributed by atoms with Crippen molar-refractivity contribution in [3.8, 4) is 17.2 Å². The summed E-state index contributed by atoms with van der Waals surface area (Å²) in [7, 11) is 0. The Hall–Kier alpha value is -3.94. The number of benzene rings is 2. The van der Waals surface area contributed by atoms with Crippen molar-refractivity contribution in [2.75, 3.05) is 13.2 Å². The first-order valence-corrected chi connectivity index (χ1v) is 14.0. The Morgan fingerprint density at radius 1 is 1.02 bits per heavy atom. The van der Waals surface area contributed by atoms with Crippen LogP contribution >= 0.6 is 0 Å². The molecule has 1 fully saturated rings. The molecule has 5 N–H and O–H groups in total. The number of unbranched alkanes of at least 4 members (excludes halogenated alkanes) is 1. The lowest BCUT2D eigenvalue weighted by atomic mass is 9.78. The third kappa shape index (κ3) is 5.71. The number of aliphatic hydroxyl groups excluding tert-OH is 4. The summed E-state index contributed by atoms with van der Waals surface area (Å²) >= 11 is 0. The van der Waals surface area contributed by atoms with Gasteiger partial charge in [-0.05, 0) is 50.0 Å². The van der Waals surface area contributed by atoms with Gasteiger partial charge in [-0.1, -0.05) is 6.08 Å². The van der Waals surface area contributed by atoms with Gasteiger partial charge in [-0.3, -0.25) is 19.4 Å². The number of rotatable bonds is 9. The van der Waals surface area contributed by atoms with E-state index in [1.165, 1.54) is 32.0 Å². The first-order chi connectivity index (χ1) is 20.5. The predicted molar refractivity (Wildman–Crippen MR) is 151 cm³/mol. The van der Waals surface area contributed by atoms with Crippen LogP contribution in [0.5, 0.6) is 17.2 Å². The molecule has 1 aliphatic carbocycles. The van der Waals surface area contributed by atoms with Crippen LogP contribution in [0.1, 0.15) is 69.7 Å². The van der Waals surface area contributed by atoms with E-state index in [-0.39, 0.29) is 64.3 Å². The molecule has 2 aromatic carbocycles. The van der Waals surface area contributed by atoms with Crippen molar-refractivity contribution < 1.29 is 54.1 Å². The van der Waals surface area contributed by atoms with E-state index in [0.717, 1.165) is 0 Å². The number of hydrogen-bond donors (Lipinski definition) is 5. The predicted octanol–water partition coefficient (Wildman–Crippen LogP) is 1.17. The number of carbonyl (C=O) groups is 3. The zero-order valence-electron chi connectivity index (χ0n) is 23.6. The summed E-state index contributed by atoms with van der Waals surface area (Å²) in [5.41, 5.74) is 0.710. The molecule has 12 nitrogen and oxygen atoms in total. The summed E-state index contributed by atoms with van der Waals surface area (Å²) < 4.78 is 17.0. The quantitative estimate of drug-likeness (QED) is 0.135. The van der Waals surface area contributed by atoms with Crippen LogP contribution in [-0.2, 0) is 22.4 Å². The number of fused-ring (bicyclic) bond motifs is 2. The van der Waals surface area contributed by atoms with Crippen molar-refractivity contribution in [3.05, 3.63) is 63.2 Å². The third-order valence-electron chi connectivity index (χ3n) is 7.79. The smallest absolute Gasteiger partial charge is 0.308 e. The number of allylic oxidation sites excluding steroid dienone is 1. The highest BCUT2D eigenvalue weighted by atomic mass is 16.7. The molecule has 3 aliphatic rings. The largest absolute Gasteiger partial charge is 0.507 e. The lowest BCUT2D eigenvalue weighted by Crippen LogP contribution is -2.58. The number of phenolic OH excluding ortho intramolecular Hbond substituents is 1.